The summed E-state index contributed by atoms with van der Waals surface area (Å²) in [6, 6.07) is 7.37. The Labute approximate surface area is 307 Å². The Kier molecular flexibility index (Phi) is 11.2. The van der Waals surface area contributed by atoms with Gasteiger partial charge in [0.15, 0.2) is 0 Å². The van der Waals surface area contributed by atoms with E-state index in [0.29, 0.717) is 25.4 Å². The fourth-order valence-electron chi connectivity index (χ4n) is 9.26. The Morgan fingerprint density at radius 1 is 0.904 bits per heavy atom. The Bertz CT molecular complexity index is 1680. The van der Waals surface area contributed by atoms with E-state index < -0.39 is 34.1 Å². The number of piperidine rings is 1. The van der Waals surface area contributed by atoms with Crippen molar-refractivity contribution in [2.75, 3.05) is 39.3 Å². The highest BCUT2D eigenvalue weighted by molar-refractivity contribution is 6.00. The van der Waals surface area contributed by atoms with Crippen LogP contribution < -0.4 is 5.56 Å². The first-order valence-corrected chi connectivity index (χ1v) is 19.5. The van der Waals surface area contributed by atoms with E-state index in [0.717, 1.165) is 32.1 Å². The molecule has 2 aliphatic heterocycles. The molecule has 3 heterocycles. The van der Waals surface area contributed by atoms with E-state index in [9.17, 15) is 24.3 Å². The number of aliphatic hydroxyl groups is 1. The normalized spacial score (nSPS) is 23.2. The molecule has 52 heavy (non-hydrogen) atoms. The molecule has 4 fully saturated rings. The number of hydrogen-bond donors (Lipinski definition) is 1. The molecule has 2 aliphatic carbocycles. The van der Waals surface area contributed by atoms with Crippen LogP contribution in [0, 0.1) is 23.1 Å². The van der Waals surface area contributed by atoms with Gasteiger partial charge in [0.1, 0.15) is 11.4 Å². The Balaban J connectivity index is 1.25. The zero-order valence-corrected chi connectivity index (χ0v) is 31.5. The molecule has 6 rings (SSSR count). The molecule has 4 aliphatic rings. The van der Waals surface area contributed by atoms with Crippen LogP contribution in [-0.2, 0) is 16.1 Å². The van der Waals surface area contributed by atoms with E-state index >= 15 is 4.39 Å². The molecule has 284 valence electrons. The number of piperazine rings is 1. The van der Waals surface area contributed by atoms with E-state index in [2.05, 4.69) is 0 Å². The van der Waals surface area contributed by atoms with Crippen LogP contribution in [0.2, 0.25) is 0 Å². The summed E-state index contributed by atoms with van der Waals surface area (Å²) in [5.41, 5.74) is -2.45. The third-order valence-electron chi connectivity index (χ3n) is 12.2. The van der Waals surface area contributed by atoms with Crippen molar-refractivity contribution in [3.8, 4) is 11.1 Å². The second-order valence-corrected chi connectivity index (χ2v) is 17.0. The average Bonchev–Trinajstić information content (AvgIpc) is 3.59. The third kappa shape index (κ3) is 8.09. The van der Waals surface area contributed by atoms with Gasteiger partial charge < -0.3 is 29.1 Å². The zero-order valence-electron chi connectivity index (χ0n) is 31.5. The molecule has 3 amide bonds. The molecule has 1 N–H and O–H groups in total. The quantitative estimate of drug-likeness (QED) is 0.351. The number of aromatic nitrogens is 1. The molecule has 10 nitrogen and oxygen atoms in total. The molecule has 2 aromatic rings. The maximum absolute atomic E-state index is 15.2. The van der Waals surface area contributed by atoms with Gasteiger partial charge in [0.25, 0.3) is 11.5 Å². The van der Waals surface area contributed by atoms with Crippen molar-refractivity contribution in [3.05, 3.63) is 58.3 Å². The number of pyridine rings is 1. The lowest BCUT2D eigenvalue weighted by Gasteiger charge is -2.53. The SMILES string of the molecule is CC(CC1CCCCC1)C(=O)N1CCC(O)(Cn2cc(C(=O)N3CCN(C(=O)OC(C)(C)C)CC3)c(-c3ccccc3F)cc2=O)C2(CCCC2)C1. The summed E-state index contributed by atoms with van der Waals surface area (Å²) >= 11 is 0. The predicted molar refractivity (Wildman–Crippen MR) is 197 cm³/mol. The smallest absolute Gasteiger partial charge is 0.410 e. The van der Waals surface area contributed by atoms with Gasteiger partial charge in [-0.05, 0) is 58.4 Å². The third-order valence-corrected chi connectivity index (χ3v) is 12.2. The maximum Gasteiger partial charge on any atom is 0.410 e. The second-order valence-electron chi connectivity index (χ2n) is 17.0. The number of likely N-dealkylation sites (tertiary alicyclic amines) is 1. The van der Waals surface area contributed by atoms with Gasteiger partial charge in [0.05, 0.1) is 17.7 Å². The largest absolute Gasteiger partial charge is 0.444 e. The van der Waals surface area contributed by atoms with Crippen molar-refractivity contribution < 1.29 is 28.6 Å². The summed E-state index contributed by atoms with van der Waals surface area (Å²) in [4.78, 5) is 59.8. The Hall–Kier alpha value is -3.73. The van der Waals surface area contributed by atoms with Gasteiger partial charge in [-0.2, -0.15) is 0 Å². The molecule has 2 saturated carbocycles. The standard InChI is InChI=1S/C41H57FN4O6/c1-29(24-30-12-6-5-7-13-30)36(48)45-19-18-41(51,40(27-45)16-10-11-17-40)28-46-26-33(32(25-35(46)47)31-14-8-9-15-34(31)42)37(49)43-20-22-44(23-21-43)38(50)52-39(2,3)4/h8-9,14-15,25-26,29-30,51H,5-7,10-13,16-24,27-28H2,1-4H3. The van der Waals surface area contributed by atoms with Gasteiger partial charge in [-0.15, -0.1) is 0 Å². The van der Waals surface area contributed by atoms with Crippen molar-refractivity contribution in [3.63, 3.8) is 0 Å². The summed E-state index contributed by atoms with van der Waals surface area (Å²) in [5.74, 6) is -0.252. The molecular weight excluding hydrogens is 663 g/mol. The first kappa shape index (κ1) is 38.0. The zero-order chi connectivity index (χ0) is 37.3. The first-order valence-electron chi connectivity index (χ1n) is 19.5. The van der Waals surface area contributed by atoms with Crippen LogP contribution >= 0.6 is 0 Å². The van der Waals surface area contributed by atoms with E-state index in [1.807, 2.05) is 11.8 Å². The van der Waals surface area contributed by atoms with Crippen molar-refractivity contribution in [1.29, 1.82) is 0 Å². The van der Waals surface area contributed by atoms with Crippen LogP contribution in [-0.4, -0.2) is 92.8 Å². The fourth-order valence-corrected chi connectivity index (χ4v) is 9.26. The number of halogens is 1. The lowest BCUT2D eigenvalue weighted by atomic mass is 9.65. The van der Waals surface area contributed by atoms with Gasteiger partial charge in [-0.3, -0.25) is 14.4 Å². The minimum atomic E-state index is -1.28. The molecule has 1 spiro atoms. The number of carbonyl (C=O) groups excluding carboxylic acids is 3. The lowest BCUT2D eigenvalue weighted by Crippen LogP contribution is -2.62. The van der Waals surface area contributed by atoms with Crippen LogP contribution in [0.25, 0.3) is 11.1 Å². The summed E-state index contributed by atoms with van der Waals surface area (Å²) < 4.78 is 22.2. The number of ether oxygens (including phenoxy) is 1. The number of nitrogens with zero attached hydrogens (tertiary/aromatic N) is 4. The molecular formula is C41H57FN4O6. The minimum absolute atomic E-state index is 0.0320. The van der Waals surface area contributed by atoms with Crippen LogP contribution in [0.3, 0.4) is 0 Å². The predicted octanol–water partition coefficient (Wildman–Crippen LogP) is 6.48. The molecule has 0 radical (unpaired) electrons. The summed E-state index contributed by atoms with van der Waals surface area (Å²) in [6.07, 6.45) is 11.8. The maximum atomic E-state index is 15.2. The van der Waals surface area contributed by atoms with Crippen LogP contribution in [0.5, 0.6) is 0 Å². The highest BCUT2D eigenvalue weighted by Gasteiger charge is 2.56. The number of carbonyl (C=O) groups is 3. The number of hydrogen-bond acceptors (Lipinski definition) is 6. The topological polar surface area (TPSA) is 112 Å². The van der Waals surface area contributed by atoms with Crippen LogP contribution in [0.1, 0.15) is 109 Å². The molecule has 2 atom stereocenters. The van der Waals surface area contributed by atoms with Crippen molar-refractivity contribution in [2.45, 2.75) is 116 Å². The summed E-state index contributed by atoms with van der Waals surface area (Å²) in [7, 11) is 0. The molecule has 2 saturated heterocycles. The number of rotatable bonds is 7. The summed E-state index contributed by atoms with van der Waals surface area (Å²) in [6.45, 7) is 9.30. The van der Waals surface area contributed by atoms with E-state index in [1.54, 1.807) is 48.8 Å². The summed E-state index contributed by atoms with van der Waals surface area (Å²) in [5, 5.41) is 12.6. The van der Waals surface area contributed by atoms with Gasteiger partial charge in [-0.25, -0.2) is 9.18 Å². The van der Waals surface area contributed by atoms with Crippen molar-refractivity contribution in [2.24, 2.45) is 17.3 Å². The van der Waals surface area contributed by atoms with Crippen molar-refractivity contribution in [1.82, 2.24) is 19.3 Å². The number of amides is 3. The Morgan fingerprint density at radius 3 is 2.21 bits per heavy atom. The van der Waals surface area contributed by atoms with E-state index in [4.69, 9.17) is 4.74 Å². The van der Waals surface area contributed by atoms with Crippen LogP contribution in [0.15, 0.2) is 41.3 Å². The molecule has 2 unspecified atom stereocenters. The monoisotopic (exact) mass is 720 g/mol. The van der Waals surface area contributed by atoms with E-state index in [1.165, 1.54) is 55.0 Å². The fraction of sp³-hybridized carbons (Fsp3) is 0.659. The van der Waals surface area contributed by atoms with E-state index in [-0.39, 0.29) is 67.1 Å². The number of benzene rings is 1. The second kappa shape index (κ2) is 15.3. The van der Waals surface area contributed by atoms with Crippen LogP contribution in [0.4, 0.5) is 9.18 Å². The minimum Gasteiger partial charge on any atom is -0.444 e. The van der Waals surface area contributed by atoms with Gasteiger partial charge in [0, 0.05) is 74.0 Å². The van der Waals surface area contributed by atoms with Crippen molar-refractivity contribution >= 4 is 17.9 Å². The van der Waals surface area contributed by atoms with Gasteiger partial charge in [0.2, 0.25) is 5.91 Å². The first-order chi connectivity index (χ1) is 24.7. The molecule has 1 aromatic heterocycles. The van der Waals surface area contributed by atoms with Gasteiger partial charge in [-0.1, -0.05) is 70.1 Å². The van der Waals surface area contributed by atoms with Gasteiger partial charge >= 0.3 is 6.09 Å². The molecule has 11 heteroatoms. The highest BCUT2D eigenvalue weighted by Crippen LogP contribution is 2.52. The lowest BCUT2D eigenvalue weighted by molar-refractivity contribution is -0.163. The Morgan fingerprint density at radius 2 is 1.56 bits per heavy atom. The average molecular weight is 721 g/mol. The molecule has 0 bridgehead atoms. The molecule has 1 aromatic carbocycles. The highest BCUT2D eigenvalue weighted by atomic mass is 19.1.